The smallest absolute Gasteiger partial charge is 0.0547 e. The van der Waals surface area contributed by atoms with Gasteiger partial charge >= 0.3 is 0 Å². The lowest BCUT2D eigenvalue weighted by atomic mass is 10.0. The molecule has 0 radical (unpaired) electrons. The highest BCUT2D eigenvalue weighted by molar-refractivity contribution is 7.99. The van der Waals surface area contributed by atoms with Crippen LogP contribution in [0.25, 0.3) is 0 Å². The molecule has 1 rings (SSSR count). The summed E-state index contributed by atoms with van der Waals surface area (Å²) in [6.07, 6.45) is 5.59. The van der Waals surface area contributed by atoms with Crippen LogP contribution in [-0.2, 0) is 0 Å². The van der Waals surface area contributed by atoms with Gasteiger partial charge in [-0.25, -0.2) is 0 Å². The number of thioether (sulfide) groups is 1. The average Bonchev–Trinajstić information content (AvgIpc) is 2.49. The third-order valence-electron chi connectivity index (χ3n) is 2.33. The van der Waals surface area contributed by atoms with E-state index in [0.717, 1.165) is 5.57 Å². The van der Waals surface area contributed by atoms with Crippen molar-refractivity contribution >= 4 is 11.8 Å². The van der Waals surface area contributed by atoms with E-state index >= 15 is 0 Å². The molecule has 1 aromatic rings. The largest absolute Gasteiger partial charge is 0.396 e. The maximum Gasteiger partial charge on any atom is 0.0547 e. The molecule has 0 spiro atoms. The average molecular weight is 276 g/mol. The van der Waals surface area contributed by atoms with E-state index in [4.69, 9.17) is 5.11 Å². The summed E-state index contributed by atoms with van der Waals surface area (Å²) >= 11 is 1.71. The molecule has 19 heavy (non-hydrogen) atoms. The maximum absolute atomic E-state index is 8.96. The molecule has 0 aliphatic carbocycles. The summed E-state index contributed by atoms with van der Waals surface area (Å²) in [5.74, 6) is 0.710. The summed E-state index contributed by atoms with van der Waals surface area (Å²) in [7, 11) is 0. The highest BCUT2D eigenvalue weighted by Crippen LogP contribution is 2.35. The van der Waals surface area contributed by atoms with Crippen molar-refractivity contribution in [2.45, 2.75) is 19.1 Å². The van der Waals surface area contributed by atoms with Crippen molar-refractivity contribution in [1.82, 2.24) is 0 Å². The Morgan fingerprint density at radius 1 is 1.26 bits per heavy atom. The van der Waals surface area contributed by atoms with E-state index < -0.39 is 0 Å². The van der Waals surface area contributed by atoms with Crippen LogP contribution >= 0.6 is 11.8 Å². The van der Waals surface area contributed by atoms with Gasteiger partial charge in [-0.1, -0.05) is 75.6 Å². The minimum Gasteiger partial charge on any atom is -0.396 e. The van der Waals surface area contributed by atoms with Crippen LogP contribution in [0, 0.1) is 0 Å². The Morgan fingerprint density at radius 3 is 2.37 bits per heavy atom. The van der Waals surface area contributed by atoms with Gasteiger partial charge in [-0.2, -0.15) is 0 Å². The molecular weight excluding hydrogens is 252 g/mol. The van der Waals surface area contributed by atoms with Crippen molar-refractivity contribution < 1.29 is 5.11 Å². The van der Waals surface area contributed by atoms with Gasteiger partial charge < -0.3 is 5.11 Å². The third-order valence-corrected chi connectivity index (χ3v) is 3.62. The number of aliphatic hydroxyl groups excluding tert-OH is 1. The highest BCUT2D eigenvalue weighted by Gasteiger charge is 2.14. The lowest BCUT2D eigenvalue weighted by Gasteiger charge is -2.17. The number of hydrogen-bond donors (Lipinski definition) is 1. The van der Waals surface area contributed by atoms with Gasteiger partial charge in [-0.05, 0) is 11.1 Å². The molecule has 0 aliphatic heterocycles. The summed E-state index contributed by atoms with van der Waals surface area (Å²) in [5, 5.41) is 9.17. The summed E-state index contributed by atoms with van der Waals surface area (Å²) in [4.78, 5) is 0. The van der Waals surface area contributed by atoms with Gasteiger partial charge in [0.2, 0.25) is 0 Å². The fraction of sp³-hybridized carbons (Fsp3) is 0.294. The van der Waals surface area contributed by atoms with Crippen molar-refractivity contribution in [3.63, 3.8) is 0 Å². The number of allylic oxidation sites excluding steroid dienone is 3. The molecule has 1 aromatic carbocycles. The second-order valence-corrected chi connectivity index (χ2v) is 4.70. The van der Waals surface area contributed by atoms with Crippen LogP contribution in [0.1, 0.15) is 24.7 Å². The molecule has 0 fully saturated rings. The quantitative estimate of drug-likeness (QED) is 0.723. The number of rotatable bonds is 7. The molecule has 0 amide bonds. The zero-order valence-electron chi connectivity index (χ0n) is 11.9. The first-order chi connectivity index (χ1) is 9.33. The van der Waals surface area contributed by atoms with Gasteiger partial charge in [-0.15, -0.1) is 11.8 Å². The van der Waals surface area contributed by atoms with Gasteiger partial charge in [0.1, 0.15) is 0 Å². The first-order valence-electron chi connectivity index (χ1n) is 6.56. The van der Waals surface area contributed by atoms with E-state index in [0.29, 0.717) is 5.75 Å². The summed E-state index contributed by atoms with van der Waals surface area (Å²) in [6.45, 7) is 11.8. The number of benzene rings is 1. The van der Waals surface area contributed by atoms with E-state index in [1.165, 1.54) is 5.56 Å². The normalized spacial score (nSPS) is 12.1. The van der Waals surface area contributed by atoms with Crippen LogP contribution < -0.4 is 0 Å². The van der Waals surface area contributed by atoms with E-state index in [9.17, 15) is 0 Å². The Labute approximate surface area is 121 Å². The van der Waals surface area contributed by atoms with E-state index in [-0.39, 0.29) is 11.9 Å². The molecule has 0 saturated carbocycles. The Bertz CT molecular complexity index is 382. The van der Waals surface area contributed by atoms with Gasteiger partial charge in [0, 0.05) is 5.75 Å². The Kier molecular flexibility index (Phi) is 11.0. The predicted octanol–water partition coefficient (Wildman–Crippen LogP) is 4.78. The van der Waals surface area contributed by atoms with Crippen LogP contribution in [0.15, 0.2) is 67.3 Å². The zero-order valence-corrected chi connectivity index (χ0v) is 12.7. The molecule has 0 bridgehead atoms. The molecule has 0 aromatic heterocycles. The molecule has 0 heterocycles. The lowest BCUT2D eigenvalue weighted by Crippen LogP contribution is -1.99. The minimum absolute atomic E-state index is 0.187. The van der Waals surface area contributed by atoms with E-state index in [2.05, 4.69) is 25.3 Å². The third kappa shape index (κ3) is 6.46. The minimum atomic E-state index is 0.187. The highest BCUT2D eigenvalue weighted by atomic mass is 32.2. The first-order valence-corrected chi connectivity index (χ1v) is 7.60. The Balaban J connectivity index is 0.00000154. The van der Waals surface area contributed by atoms with E-state index in [1.54, 1.807) is 17.8 Å². The maximum atomic E-state index is 8.96. The molecule has 1 nitrogen and oxygen atoms in total. The summed E-state index contributed by atoms with van der Waals surface area (Å²) in [5.41, 5.74) is 2.34. The first kappa shape index (κ1) is 17.8. The van der Waals surface area contributed by atoms with Crippen LogP contribution in [-0.4, -0.2) is 17.5 Å². The molecule has 2 heteroatoms. The monoisotopic (exact) mass is 276 g/mol. The van der Waals surface area contributed by atoms with Crippen molar-refractivity contribution in [2.75, 3.05) is 12.4 Å². The van der Waals surface area contributed by atoms with Crippen molar-refractivity contribution in [3.8, 4) is 0 Å². The summed E-state index contributed by atoms with van der Waals surface area (Å²) < 4.78 is 0. The van der Waals surface area contributed by atoms with Crippen LogP contribution in [0.3, 0.4) is 0 Å². The molecular formula is C17H24OS. The van der Waals surface area contributed by atoms with Crippen molar-refractivity contribution in [3.05, 3.63) is 72.9 Å². The fourth-order valence-electron chi connectivity index (χ4n) is 1.58. The molecule has 104 valence electrons. The van der Waals surface area contributed by atoms with Gasteiger partial charge in [0.25, 0.3) is 0 Å². The zero-order chi connectivity index (χ0) is 14.5. The van der Waals surface area contributed by atoms with Crippen LogP contribution in [0.4, 0.5) is 0 Å². The van der Waals surface area contributed by atoms with Gasteiger partial charge in [0.05, 0.1) is 11.9 Å². The molecule has 1 N–H and O–H groups in total. The van der Waals surface area contributed by atoms with Gasteiger partial charge in [0.15, 0.2) is 0 Å². The number of hydrogen-bond acceptors (Lipinski definition) is 2. The Morgan fingerprint density at radius 2 is 1.89 bits per heavy atom. The second kappa shape index (κ2) is 11.8. The standard InChI is InChI=1S/C15H18OS.C2H6/c1-3-8-13(4-2)15(17-12-11-16)14-9-6-5-7-10-14;1-2/h3-10,15-16H,1-2,11-12H2;1-2H3/b13-8+;. The predicted molar refractivity (Wildman–Crippen MR) is 88.6 cm³/mol. The van der Waals surface area contributed by atoms with Crippen LogP contribution in [0.5, 0.6) is 0 Å². The molecule has 0 saturated heterocycles. The second-order valence-electron chi connectivity index (χ2n) is 3.49. The van der Waals surface area contributed by atoms with Crippen molar-refractivity contribution in [2.24, 2.45) is 0 Å². The molecule has 1 unspecified atom stereocenters. The number of aliphatic hydroxyl groups is 1. The fourth-order valence-corrected chi connectivity index (χ4v) is 2.64. The van der Waals surface area contributed by atoms with Gasteiger partial charge in [-0.3, -0.25) is 0 Å². The summed E-state index contributed by atoms with van der Waals surface area (Å²) in [6, 6.07) is 10.2. The SMILES string of the molecule is C=C/C=C(\C=C)C(SCCO)c1ccccc1.CC. The van der Waals surface area contributed by atoms with Crippen LogP contribution in [0.2, 0.25) is 0 Å². The lowest BCUT2D eigenvalue weighted by molar-refractivity contribution is 0.322. The topological polar surface area (TPSA) is 20.2 Å². The van der Waals surface area contributed by atoms with E-state index in [1.807, 2.05) is 44.2 Å². The molecule has 0 aliphatic rings. The van der Waals surface area contributed by atoms with Crippen molar-refractivity contribution in [1.29, 1.82) is 0 Å². The Hall–Kier alpha value is -1.25. The molecule has 1 atom stereocenters.